The highest BCUT2D eigenvalue weighted by molar-refractivity contribution is 7.89. The number of hydrogen-bond acceptors (Lipinski definition) is 6. The zero-order chi connectivity index (χ0) is 22.7. The lowest BCUT2D eigenvalue weighted by Gasteiger charge is -2.45. The second-order valence-corrected chi connectivity index (χ2v) is 10.5. The highest BCUT2D eigenvalue weighted by atomic mass is 32.2. The molecule has 0 bridgehead atoms. The van der Waals surface area contributed by atoms with Crippen molar-refractivity contribution in [1.29, 1.82) is 0 Å². The zero-order valence-electron chi connectivity index (χ0n) is 18.6. The van der Waals surface area contributed by atoms with Crippen molar-refractivity contribution in [2.45, 2.75) is 49.5 Å². The number of carbonyl (C=O) groups is 2. The van der Waals surface area contributed by atoms with Gasteiger partial charge in [0, 0.05) is 39.9 Å². The molecule has 10 heteroatoms. The van der Waals surface area contributed by atoms with Crippen molar-refractivity contribution in [3.05, 3.63) is 18.2 Å². The van der Waals surface area contributed by atoms with Gasteiger partial charge in [-0.2, -0.15) is 4.31 Å². The van der Waals surface area contributed by atoms with Crippen molar-refractivity contribution in [2.24, 2.45) is 0 Å². The second-order valence-electron chi connectivity index (χ2n) is 8.59. The van der Waals surface area contributed by atoms with Gasteiger partial charge in [0.05, 0.1) is 16.3 Å². The number of piperidine rings is 1. The average Bonchev–Trinajstić information content (AvgIpc) is 3.35. The average molecular weight is 465 g/mol. The van der Waals surface area contributed by atoms with Crippen LogP contribution in [-0.4, -0.2) is 77.0 Å². The van der Waals surface area contributed by atoms with Crippen LogP contribution in [0.3, 0.4) is 0 Å². The van der Waals surface area contributed by atoms with Crippen molar-refractivity contribution in [3.63, 3.8) is 0 Å². The fourth-order valence-electron chi connectivity index (χ4n) is 4.78. The van der Waals surface area contributed by atoms with Crippen LogP contribution in [0.1, 0.15) is 38.5 Å². The number of nitrogens with zero attached hydrogens (tertiary/aromatic N) is 3. The molecule has 176 valence electrons. The van der Waals surface area contributed by atoms with E-state index in [4.69, 9.17) is 4.74 Å². The number of carbonyl (C=O) groups excluding carboxylic acids is 2. The van der Waals surface area contributed by atoms with Crippen molar-refractivity contribution >= 4 is 33.2 Å². The van der Waals surface area contributed by atoms with E-state index < -0.39 is 10.0 Å². The summed E-state index contributed by atoms with van der Waals surface area (Å²) < 4.78 is 32.8. The summed E-state index contributed by atoms with van der Waals surface area (Å²) in [4.78, 5) is 29.7. The monoisotopic (exact) mass is 464 g/mol. The molecule has 3 aliphatic rings. The van der Waals surface area contributed by atoms with E-state index in [0.29, 0.717) is 38.3 Å². The van der Waals surface area contributed by atoms with Gasteiger partial charge in [-0.3, -0.25) is 14.5 Å². The van der Waals surface area contributed by atoms with E-state index in [1.54, 1.807) is 25.3 Å². The molecule has 2 fully saturated rings. The molecule has 1 aromatic carbocycles. The van der Waals surface area contributed by atoms with Gasteiger partial charge in [-0.25, -0.2) is 8.42 Å². The van der Waals surface area contributed by atoms with Crippen molar-refractivity contribution in [1.82, 2.24) is 9.62 Å². The smallest absolute Gasteiger partial charge is 0.250 e. The number of sulfonamides is 1. The number of anilines is 2. The minimum atomic E-state index is -3.63. The Morgan fingerprint density at radius 2 is 1.88 bits per heavy atom. The Bertz CT molecular complexity index is 961. The Morgan fingerprint density at radius 1 is 1.12 bits per heavy atom. The number of nitrogens with one attached hydrogen (secondary N) is 1. The van der Waals surface area contributed by atoms with Crippen molar-refractivity contribution < 1.29 is 22.7 Å². The fourth-order valence-corrected chi connectivity index (χ4v) is 6.32. The number of hydrogen-bond donors (Lipinski definition) is 1. The predicted molar refractivity (Wildman–Crippen MR) is 121 cm³/mol. The summed E-state index contributed by atoms with van der Waals surface area (Å²) in [5, 5.41) is 2.82. The molecule has 1 aromatic rings. The van der Waals surface area contributed by atoms with Crippen LogP contribution in [-0.2, 0) is 24.3 Å². The van der Waals surface area contributed by atoms with E-state index in [1.807, 2.05) is 0 Å². The molecule has 3 aliphatic heterocycles. The first-order chi connectivity index (χ1) is 15.4. The maximum Gasteiger partial charge on any atom is 0.250 e. The minimum absolute atomic E-state index is 0.129. The Balaban J connectivity index is 1.64. The van der Waals surface area contributed by atoms with Crippen LogP contribution in [0, 0.1) is 0 Å². The summed E-state index contributed by atoms with van der Waals surface area (Å²) in [7, 11) is -2.02. The number of amides is 2. The molecule has 4 rings (SSSR count). The van der Waals surface area contributed by atoms with Gasteiger partial charge in [-0.1, -0.05) is 0 Å². The lowest BCUT2D eigenvalue weighted by Crippen LogP contribution is -2.57. The SMILES string of the molecule is COCCCNC(=O)CN1C(=O)C2CCCCN2c2ccc(S(=O)(=O)N3CCCC3)cc21. The first kappa shape index (κ1) is 23.0. The third kappa shape index (κ3) is 4.49. The van der Waals surface area contributed by atoms with Crippen LogP contribution in [0.25, 0.3) is 0 Å². The molecular weight excluding hydrogens is 432 g/mol. The van der Waals surface area contributed by atoms with Crippen LogP contribution in [0.15, 0.2) is 23.1 Å². The molecule has 0 aromatic heterocycles. The molecule has 0 spiro atoms. The van der Waals surface area contributed by atoms with Gasteiger partial charge in [0.15, 0.2) is 0 Å². The highest BCUT2D eigenvalue weighted by Gasteiger charge is 2.41. The molecule has 1 N–H and O–H groups in total. The summed E-state index contributed by atoms with van der Waals surface area (Å²) in [6.45, 7) is 2.65. The van der Waals surface area contributed by atoms with Gasteiger partial charge in [0.25, 0.3) is 0 Å². The standard InChI is InChI=1S/C22H32N4O5S/c1-31-14-6-10-23-21(27)16-26-20-15-17(32(29,30)24-11-4-5-12-24)8-9-18(20)25-13-3-2-7-19(25)22(26)28/h8-9,15,19H,2-7,10-14,16H2,1H3,(H,23,27). The van der Waals surface area contributed by atoms with E-state index in [0.717, 1.165) is 44.3 Å². The van der Waals surface area contributed by atoms with Gasteiger partial charge in [0.2, 0.25) is 21.8 Å². The molecule has 2 amide bonds. The molecule has 0 saturated carbocycles. The molecule has 0 radical (unpaired) electrons. The summed E-state index contributed by atoms with van der Waals surface area (Å²) >= 11 is 0. The summed E-state index contributed by atoms with van der Waals surface area (Å²) in [6, 6.07) is 4.70. The topological polar surface area (TPSA) is 99.3 Å². The van der Waals surface area contributed by atoms with Gasteiger partial charge >= 0.3 is 0 Å². The molecule has 3 heterocycles. The van der Waals surface area contributed by atoms with E-state index in [2.05, 4.69) is 10.2 Å². The number of fused-ring (bicyclic) bond motifs is 3. The molecule has 1 unspecified atom stereocenters. The molecule has 32 heavy (non-hydrogen) atoms. The van der Waals surface area contributed by atoms with Crippen LogP contribution >= 0.6 is 0 Å². The number of ether oxygens (including phenoxy) is 1. The minimum Gasteiger partial charge on any atom is -0.385 e. The van der Waals surface area contributed by atoms with Crippen LogP contribution in [0.4, 0.5) is 11.4 Å². The molecular formula is C22H32N4O5S. The first-order valence-corrected chi connectivity index (χ1v) is 12.9. The third-order valence-corrected chi connectivity index (χ3v) is 8.35. The zero-order valence-corrected chi connectivity index (χ0v) is 19.4. The normalized spacial score (nSPS) is 21.4. The van der Waals surface area contributed by atoms with Crippen LogP contribution in [0.2, 0.25) is 0 Å². The number of methoxy groups -OCH3 is 1. The molecule has 2 saturated heterocycles. The van der Waals surface area contributed by atoms with Gasteiger partial charge in [0.1, 0.15) is 12.6 Å². The first-order valence-electron chi connectivity index (χ1n) is 11.4. The molecule has 9 nitrogen and oxygen atoms in total. The van der Waals surface area contributed by atoms with E-state index in [1.165, 1.54) is 9.21 Å². The maximum atomic E-state index is 13.4. The summed E-state index contributed by atoms with van der Waals surface area (Å²) in [6.07, 6.45) is 5.07. The van der Waals surface area contributed by atoms with Crippen LogP contribution < -0.4 is 15.1 Å². The summed E-state index contributed by atoms with van der Waals surface area (Å²) in [5.74, 6) is -0.405. The Hall–Kier alpha value is -2.17. The lowest BCUT2D eigenvalue weighted by atomic mass is 9.96. The molecule has 0 aliphatic carbocycles. The second kappa shape index (κ2) is 9.76. The predicted octanol–water partition coefficient (Wildman–Crippen LogP) is 1.33. The summed E-state index contributed by atoms with van der Waals surface area (Å²) in [5.41, 5.74) is 1.32. The van der Waals surface area contributed by atoms with Gasteiger partial charge < -0.3 is 15.0 Å². The number of rotatable bonds is 8. The third-order valence-electron chi connectivity index (χ3n) is 6.45. The maximum absolute atomic E-state index is 13.4. The van der Waals surface area contributed by atoms with Crippen LogP contribution in [0.5, 0.6) is 0 Å². The van der Waals surface area contributed by atoms with Gasteiger partial charge in [-0.05, 0) is 56.7 Å². The number of benzene rings is 1. The fraction of sp³-hybridized carbons (Fsp3) is 0.636. The Morgan fingerprint density at radius 3 is 2.62 bits per heavy atom. The Labute approximate surface area is 189 Å². The van der Waals surface area contributed by atoms with Gasteiger partial charge in [-0.15, -0.1) is 0 Å². The van der Waals surface area contributed by atoms with Crippen molar-refractivity contribution in [2.75, 3.05) is 56.2 Å². The molecule has 1 atom stereocenters. The van der Waals surface area contributed by atoms with E-state index in [9.17, 15) is 18.0 Å². The van der Waals surface area contributed by atoms with E-state index >= 15 is 0 Å². The van der Waals surface area contributed by atoms with E-state index in [-0.39, 0.29) is 29.3 Å². The lowest BCUT2D eigenvalue weighted by molar-refractivity contribution is -0.125. The largest absolute Gasteiger partial charge is 0.385 e. The quantitative estimate of drug-likeness (QED) is 0.583. The van der Waals surface area contributed by atoms with Crippen molar-refractivity contribution in [3.8, 4) is 0 Å². The Kier molecular flexibility index (Phi) is 7.02. The highest BCUT2D eigenvalue weighted by Crippen LogP contribution is 2.41.